The second-order valence-electron chi connectivity index (χ2n) is 8.91. The first-order chi connectivity index (χ1) is 13.8. The van der Waals surface area contributed by atoms with Crippen molar-refractivity contribution in [1.29, 1.82) is 0 Å². The van der Waals surface area contributed by atoms with Crippen LogP contribution in [-0.2, 0) is 14.9 Å². The van der Waals surface area contributed by atoms with Crippen LogP contribution in [0.25, 0.3) is 0 Å². The first-order valence-corrected chi connectivity index (χ1v) is 10.4. The van der Waals surface area contributed by atoms with Gasteiger partial charge in [-0.25, -0.2) is 4.79 Å². The van der Waals surface area contributed by atoms with E-state index in [4.69, 9.17) is 9.15 Å². The van der Waals surface area contributed by atoms with E-state index in [9.17, 15) is 9.59 Å². The lowest BCUT2D eigenvalue weighted by atomic mass is 9.93. The minimum absolute atomic E-state index is 0.138. The minimum Gasteiger partial charge on any atom is -0.453 e. The van der Waals surface area contributed by atoms with E-state index in [0.29, 0.717) is 16.9 Å². The van der Waals surface area contributed by atoms with Gasteiger partial charge in [-0.2, -0.15) is 0 Å². The van der Waals surface area contributed by atoms with Gasteiger partial charge in [0.25, 0.3) is 5.91 Å². The van der Waals surface area contributed by atoms with Crippen LogP contribution in [0.3, 0.4) is 0 Å². The minimum atomic E-state index is -1.01. The molecule has 0 radical (unpaired) electrons. The van der Waals surface area contributed by atoms with Gasteiger partial charge in [0.15, 0.2) is 0 Å². The van der Waals surface area contributed by atoms with Gasteiger partial charge in [-0.15, -0.1) is 0 Å². The third-order valence-corrected chi connectivity index (χ3v) is 5.36. The van der Waals surface area contributed by atoms with Crippen LogP contribution in [0.4, 0.5) is 0 Å². The Balaban J connectivity index is 1.80. The summed E-state index contributed by atoms with van der Waals surface area (Å²) in [7, 11) is 0. The molecule has 0 bridgehead atoms. The largest absolute Gasteiger partial charge is 0.453 e. The standard InChI is InChI=1S/C24H31NO4/c1-16-15-19(24(2,3)4)28-20(16)23(27)29-21(17-11-7-5-8-12-17)22(26)25-18-13-9-6-10-14-18/h5,7-8,11-12,15,18,21H,6,9-10,13-14H2,1-4H3,(H,25,26). The zero-order valence-corrected chi connectivity index (χ0v) is 17.8. The molecule has 29 heavy (non-hydrogen) atoms. The average Bonchev–Trinajstić information content (AvgIpc) is 3.09. The molecule has 1 amide bonds. The Bertz CT molecular complexity index is 842. The van der Waals surface area contributed by atoms with Crippen LogP contribution in [-0.4, -0.2) is 17.9 Å². The van der Waals surface area contributed by atoms with E-state index in [1.807, 2.05) is 52.0 Å². The van der Waals surface area contributed by atoms with Crippen molar-refractivity contribution in [2.45, 2.75) is 77.4 Å². The number of ether oxygens (including phenoxy) is 1. The van der Waals surface area contributed by atoms with Crippen LogP contribution in [0.2, 0.25) is 0 Å². The number of amides is 1. The lowest BCUT2D eigenvalue weighted by Crippen LogP contribution is -2.40. The third kappa shape index (κ3) is 5.28. The van der Waals surface area contributed by atoms with Gasteiger partial charge in [-0.3, -0.25) is 4.79 Å². The topological polar surface area (TPSA) is 68.5 Å². The zero-order chi connectivity index (χ0) is 21.0. The van der Waals surface area contributed by atoms with Gasteiger partial charge in [-0.1, -0.05) is 70.4 Å². The summed E-state index contributed by atoms with van der Waals surface area (Å²) in [5, 5.41) is 3.07. The Morgan fingerprint density at radius 2 is 1.76 bits per heavy atom. The molecule has 0 aliphatic heterocycles. The average molecular weight is 398 g/mol. The van der Waals surface area contributed by atoms with E-state index < -0.39 is 12.1 Å². The Morgan fingerprint density at radius 1 is 1.10 bits per heavy atom. The van der Waals surface area contributed by atoms with Gasteiger partial charge in [0.1, 0.15) is 5.76 Å². The number of hydrogen-bond acceptors (Lipinski definition) is 4. The molecule has 1 fully saturated rings. The van der Waals surface area contributed by atoms with Gasteiger partial charge in [0.05, 0.1) is 0 Å². The highest BCUT2D eigenvalue weighted by molar-refractivity contribution is 5.92. The molecule has 1 aromatic carbocycles. The molecule has 1 N–H and O–H groups in total. The molecule has 156 valence electrons. The number of rotatable bonds is 5. The Kier molecular flexibility index (Phi) is 6.46. The number of hydrogen-bond donors (Lipinski definition) is 1. The highest BCUT2D eigenvalue weighted by atomic mass is 16.6. The summed E-state index contributed by atoms with van der Waals surface area (Å²) in [6.07, 6.45) is 4.36. The molecule has 3 rings (SSSR count). The maximum absolute atomic E-state index is 13.0. The molecule has 2 aromatic rings. The number of esters is 1. The van der Waals surface area contributed by atoms with Gasteiger partial charge < -0.3 is 14.5 Å². The maximum Gasteiger partial charge on any atom is 0.375 e. The quantitative estimate of drug-likeness (QED) is 0.701. The molecule has 1 aliphatic carbocycles. The molecule has 1 heterocycles. The maximum atomic E-state index is 13.0. The monoisotopic (exact) mass is 397 g/mol. The summed E-state index contributed by atoms with van der Waals surface area (Å²) in [5.74, 6) is -0.0338. The fraction of sp³-hybridized carbons (Fsp3) is 0.500. The van der Waals surface area contributed by atoms with Crippen molar-refractivity contribution in [3.8, 4) is 0 Å². The molecular weight excluding hydrogens is 366 g/mol. The summed E-state index contributed by atoms with van der Waals surface area (Å²) < 4.78 is 11.5. The predicted molar refractivity (Wildman–Crippen MR) is 112 cm³/mol. The predicted octanol–water partition coefficient (Wildman–Crippen LogP) is 5.23. The Morgan fingerprint density at radius 3 is 2.34 bits per heavy atom. The molecule has 1 aromatic heterocycles. The number of carbonyl (C=O) groups excluding carboxylic acids is 2. The molecule has 5 nitrogen and oxygen atoms in total. The number of furan rings is 1. The summed E-state index contributed by atoms with van der Waals surface area (Å²) in [5.41, 5.74) is 1.13. The van der Waals surface area contributed by atoms with Crippen molar-refractivity contribution in [1.82, 2.24) is 5.32 Å². The van der Waals surface area contributed by atoms with Crippen molar-refractivity contribution in [2.75, 3.05) is 0 Å². The van der Waals surface area contributed by atoms with E-state index in [2.05, 4.69) is 5.32 Å². The normalized spacial score (nSPS) is 16.3. The van der Waals surface area contributed by atoms with Crippen molar-refractivity contribution in [3.05, 3.63) is 59.0 Å². The number of nitrogens with one attached hydrogen (secondary N) is 1. The van der Waals surface area contributed by atoms with Crippen LogP contribution in [0.5, 0.6) is 0 Å². The van der Waals surface area contributed by atoms with Crippen LogP contribution >= 0.6 is 0 Å². The lowest BCUT2D eigenvalue weighted by Gasteiger charge is -2.25. The molecular formula is C24H31NO4. The fourth-order valence-electron chi connectivity index (χ4n) is 3.64. The van der Waals surface area contributed by atoms with E-state index in [0.717, 1.165) is 25.7 Å². The zero-order valence-electron chi connectivity index (χ0n) is 17.8. The van der Waals surface area contributed by atoms with Gasteiger partial charge in [-0.05, 0) is 25.8 Å². The Hall–Kier alpha value is -2.56. The van der Waals surface area contributed by atoms with Crippen LogP contribution in [0.1, 0.15) is 86.4 Å². The van der Waals surface area contributed by atoms with Gasteiger partial charge >= 0.3 is 5.97 Å². The van der Waals surface area contributed by atoms with Crippen LogP contribution in [0, 0.1) is 6.92 Å². The van der Waals surface area contributed by atoms with Crippen molar-refractivity contribution in [2.24, 2.45) is 0 Å². The fourth-order valence-corrected chi connectivity index (χ4v) is 3.64. The van der Waals surface area contributed by atoms with Crippen LogP contribution < -0.4 is 5.32 Å². The van der Waals surface area contributed by atoms with E-state index in [-0.39, 0.29) is 23.1 Å². The van der Waals surface area contributed by atoms with Crippen molar-refractivity contribution >= 4 is 11.9 Å². The smallest absolute Gasteiger partial charge is 0.375 e. The number of benzene rings is 1. The van der Waals surface area contributed by atoms with E-state index in [1.165, 1.54) is 6.42 Å². The first kappa shape index (κ1) is 21.2. The molecule has 0 saturated heterocycles. The highest BCUT2D eigenvalue weighted by Crippen LogP contribution is 2.29. The van der Waals surface area contributed by atoms with Crippen molar-refractivity contribution < 1.29 is 18.7 Å². The SMILES string of the molecule is Cc1cc(C(C)(C)C)oc1C(=O)OC(C(=O)NC1CCCCC1)c1ccccc1. The summed E-state index contributed by atoms with van der Waals surface area (Å²) in [4.78, 5) is 25.9. The lowest BCUT2D eigenvalue weighted by molar-refractivity contribution is -0.131. The van der Waals surface area contributed by atoms with Crippen LogP contribution in [0.15, 0.2) is 40.8 Å². The Labute approximate surface area is 172 Å². The highest BCUT2D eigenvalue weighted by Gasteiger charge is 2.31. The van der Waals surface area contributed by atoms with Crippen molar-refractivity contribution in [3.63, 3.8) is 0 Å². The molecule has 0 spiro atoms. The van der Waals surface area contributed by atoms with E-state index >= 15 is 0 Å². The molecule has 5 heteroatoms. The number of aryl methyl sites for hydroxylation is 1. The van der Waals surface area contributed by atoms with E-state index in [1.54, 1.807) is 12.1 Å². The van der Waals surface area contributed by atoms with Gasteiger partial charge in [0.2, 0.25) is 11.9 Å². The van der Waals surface area contributed by atoms with Gasteiger partial charge in [0, 0.05) is 22.6 Å². The summed E-state index contributed by atoms with van der Waals surface area (Å²) in [6.45, 7) is 7.87. The summed E-state index contributed by atoms with van der Waals surface area (Å²) in [6, 6.07) is 11.1. The molecule has 1 unspecified atom stereocenters. The summed E-state index contributed by atoms with van der Waals surface area (Å²) >= 11 is 0. The second-order valence-corrected chi connectivity index (χ2v) is 8.91. The third-order valence-electron chi connectivity index (χ3n) is 5.36. The molecule has 1 saturated carbocycles. The molecule has 1 aliphatic rings. The molecule has 1 atom stereocenters. The first-order valence-electron chi connectivity index (χ1n) is 10.4. The number of carbonyl (C=O) groups is 2. The second kappa shape index (κ2) is 8.85.